The summed E-state index contributed by atoms with van der Waals surface area (Å²) in [7, 11) is -3.97. The number of aliphatic imine (C=N–C) groups is 1. The average molecular weight is 490 g/mol. The van der Waals surface area contributed by atoms with Gasteiger partial charge in [0.05, 0.1) is 10.0 Å². The average Bonchev–Trinajstić information content (AvgIpc) is 3.16. The van der Waals surface area contributed by atoms with Crippen LogP contribution in [0.25, 0.3) is 6.08 Å². The molecule has 2 heterocycles. The highest BCUT2D eigenvalue weighted by molar-refractivity contribution is 9.10. The van der Waals surface area contributed by atoms with Gasteiger partial charge < -0.3 is 4.18 Å². The van der Waals surface area contributed by atoms with Gasteiger partial charge in [0.2, 0.25) is 0 Å². The minimum absolute atomic E-state index is 0.0318. The molecule has 29 heavy (non-hydrogen) atoms. The summed E-state index contributed by atoms with van der Waals surface area (Å²) < 4.78 is 30.4. The quantitative estimate of drug-likeness (QED) is 0.514. The van der Waals surface area contributed by atoms with Crippen molar-refractivity contribution >= 4 is 60.8 Å². The summed E-state index contributed by atoms with van der Waals surface area (Å²) in [6.07, 6.45) is 3.20. The van der Waals surface area contributed by atoms with Crippen LogP contribution in [0.4, 0.5) is 0 Å². The molecule has 0 saturated heterocycles. The molecule has 0 unspecified atom stereocenters. The standard InChI is InChI=1S/C19H12BrN3O4S2/c20-15-11-12(10-14-17(21)23-8-9-28-19(23)22-18(14)24)6-7-16(15)27-29(25,26)13-4-2-1-3-5-13/h1-11,21H. The summed E-state index contributed by atoms with van der Waals surface area (Å²) in [6.45, 7) is 0. The largest absolute Gasteiger partial charge is 0.378 e. The van der Waals surface area contributed by atoms with E-state index in [0.717, 1.165) is 0 Å². The molecule has 4 rings (SSSR count). The Kier molecular flexibility index (Phi) is 5.15. The van der Waals surface area contributed by atoms with E-state index in [9.17, 15) is 13.2 Å². The fraction of sp³-hybridized carbons (Fsp3) is 0. The van der Waals surface area contributed by atoms with Crippen molar-refractivity contribution in [2.45, 2.75) is 4.90 Å². The summed E-state index contributed by atoms with van der Waals surface area (Å²) in [5.74, 6) is -0.356. The highest BCUT2D eigenvalue weighted by Crippen LogP contribution is 2.31. The van der Waals surface area contributed by atoms with Crippen LogP contribution in [-0.4, -0.2) is 30.2 Å². The Morgan fingerprint density at radius 1 is 1.17 bits per heavy atom. The van der Waals surface area contributed by atoms with Gasteiger partial charge in [0, 0.05) is 6.20 Å². The molecule has 0 radical (unpaired) electrons. The van der Waals surface area contributed by atoms with Crippen LogP contribution in [-0.2, 0) is 14.9 Å². The molecule has 2 aromatic rings. The Bertz CT molecular complexity index is 1220. The first-order chi connectivity index (χ1) is 13.8. The van der Waals surface area contributed by atoms with E-state index in [1.807, 2.05) is 0 Å². The Balaban J connectivity index is 1.61. The number of nitrogens with one attached hydrogen (secondary N) is 1. The maximum absolute atomic E-state index is 12.4. The number of carbonyl (C=O) groups is 1. The lowest BCUT2D eigenvalue weighted by molar-refractivity contribution is -0.114. The normalized spacial score (nSPS) is 17.5. The van der Waals surface area contributed by atoms with Gasteiger partial charge >= 0.3 is 10.1 Å². The van der Waals surface area contributed by atoms with Crippen LogP contribution in [0.1, 0.15) is 5.56 Å². The number of rotatable bonds is 4. The monoisotopic (exact) mass is 489 g/mol. The van der Waals surface area contributed by atoms with Gasteiger partial charge in [0.25, 0.3) is 5.91 Å². The molecule has 0 bridgehead atoms. The van der Waals surface area contributed by atoms with Crippen molar-refractivity contribution < 1.29 is 17.4 Å². The highest BCUT2D eigenvalue weighted by atomic mass is 79.9. The lowest BCUT2D eigenvalue weighted by Gasteiger charge is -2.22. The predicted octanol–water partition coefficient (Wildman–Crippen LogP) is 3.99. The van der Waals surface area contributed by atoms with E-state index in [1.54, 1.807) is 41.9 Å². The topological polar surface area (TPSA) is 99.9 Å². The van der Waals surface area contributed by atoms with Gasteiger partial charge in [-0.1, -0.05) is 36.0 Å². The van der Waals surface area contributed by atoms with E-state index in [2.05, 4.69) is 20.9 Å². The van der Waals surface area contributed by atoms with E-state index in [0.29, 0.717) is 15.2 Å². The molecule has 2 aromatic carbocycles. The number of amides is 1. The number of thioether (sulfide) groups is 1. The number of benzene rings is 2. The van der Waals surface area contributed by atoms with Crippen LogP contribution in [0, 0.1) is 5.41 Å². The molecule has 0 saturated carbocycles. The predicted molar refractivity (Wildman–Crippen MR) is 115 cm³/mol. The van der Waals surface area contributed by atoms with Gasteiger partial charge in [-0.25, -0.2) is 0 Å². The van der Waals surface area contributed by atoms with E-state index >= 15 is 0 Å². The minimum atomic E-state index is -3.97. The number of amidine groups is 2. The van der Waals surface area contributed by atoms with Crippen LogP contribution in [0.15, 0.2) is 80.1 Å². The third-order valence-corrected chi connectivity index (χ3v) is 6.64. The molecule has 146 valence electrons. The van der Waals surface area contributed by atoms with Gasteiger partial charge in [-0.05, 0) is 57.2 Å². The second-order valence-corrected chi connectivity index (χ2v) is 9.19. The van der Waals surface area contributed by atoms with Gasteiger partial charge in [0.1, 0.15) is 10.7 Å². The molecular formula is C19H12BrN3O4S2. The van der Waals surface area contributed by atoms with Crippen molar-refractivity contribution in [3.63, 3.8) is 0 Å². The zero-order valence-electron chi connectivity index (χ0n) is 14.6. The maximum Gasteiger partial charge on any atom is 0.339 e. The Morgan fingerprint density at radius 3 is 2.66 bits per heavy atom. The maximum atomic E-state index is 12.4. The summed E-state index contributed by atoms with van der Waals surface area (Å²) in [5.41, 5.74) is 0.724. The molecule has 10 heteroatoms. The number of carbonyl (C=O) groups excluding carboxylic acids is 1. The van der Waals surface area contributed by atoms with Crippen LogP contribution < -0.4 is 4.18 Å². The molecular weight excluding hydrogens is 478 g/mol. The first kappa shape index (κ1) is 19.6. The van der Waals surface area contributed by atoms with Crippen molar-refractivity contribution in [2.24, 2.45) is 4.99 Å². The van der Waals surface area contributed by atoms with Crippen molar-refractivity contribution in [1.29, 1.82) is 5.41 Å². The highest BCUT2D eigenvalue weighted by Gasteiger charge is 2.31. The second kappa shape index (κ2) is 7.62. The molecule has 0 fully saturated rings. The van der Waals surface area contributed by atoms with Crippen LogP contribution in [0.3, 0.4) is 0 Å². The zero-order chi connectivity index (χ0) is 20.6. The van der Waals surface area contributed by atoms with Crippen molar-refractivity contribution in [3.8, 4) is 5.75 Å². The van der Waals surface area contributed by atoms with Crippen molar-refractivity contribution in [2.75, 3.05) is 0 Å². The SMILES string of the molecule is N=C1C(=Cc2ccc(OS(=O)(=O)c3ccccc3)c(Br)c2)C(=O)N=C2SC=CN12. The summed E-state index contributed by atoms with van der Waals surface area (Å²) in [6, 6.07) is 12.5. The number of hydrogen-bond donors (Lipinski definition) is 1. The van der Waals surface area contributed by atoms with Crippen molar-refractivity contribution in [1.82, 2.24) is 4.90 Å². The van der Waals surface area contributed by atoms with E-state index < -0.39 is 16.0 Å². The molecule has 2 aliphatic heterocycles. The Labute approximate surface area is 179 Å². The molecule has 0 aromatic heterocycles. The molecule has 0 atom stereocenters. The fourth-order valence-corrected chi connectivity index (χ4v) is 4.88. The third-order valence-electron chi connectivity index (χ3n) is 4.01. The summed E-state index contributed by atoms with van der Waals surface area (Å²) in [4.78, 5) is 17.8. The molecule has 1 N–H and O–H groups in total. The lowest BCUT2D eigenvalue weighted by Crippen LogP contribution is -2.35. The minimum Gasteiger partial charge on any atom is -0.378 e. The van der Waals surface area contributed by atoms with Crippen molar-refractivity contribution in [3.05, 3.63) is 75.7 Å². The van der Waals surface area contributed by atoms with E-state index in [-0.39, 0.29) is 22.1 Å². The Morgan fingerprint density at radius 2 is 1.93 bits per heavy atom. The first-order valence-corrected chi connectivity index (χ1v) is 11.3. The molecule has 2 aliphatic rings. The fourth-order valence-electron chi connectivity index (χ4n) is 2.63. The van der Waals surface area contributed by atoms with Gasteiger partial charge in [-0.2, -0.15) is 13.4 Å². The smallest absolute Gasteiger partial charge is 0.339 e. The number of nitrogens with zero attached hydrogens (tertiary/aromatic N) is 2. The molecule has 0 spiro atoms. The Hall–Kier alpha value is -2.69. The van der Waals surface area contributed by atoms with Crippen LogP contribution >= 0.6 is 27.7 Å². The van der Waals surface area contributed by atoms with Gasteiger partial charge in [-0.3, -0.25) is 15.1 Å². The first-order valence-electron chi connectivity index (χ1n) is 8.20. The zero-order valence-corrected chi connectivity index (χ0v) is 17.8. The third kappa shape index (κ3) is 3.91. The molecule has 0 aliphatic carbocycles. The summed E-state index contributed by atoms with van der Waals surface area (Å²) in [5, 5.41) is 10.4. The van der Waals surface area contributed by atoms with Gasteiger partial charge in [-0.15, -0.1) is 0 Å². The number of halogens is 1. The van der Waals surface area contributed by atoms with Crippen LogP contribution in [0.5, 0.6) is 5.75 Å². The lowest BCUT2D eigenvalue weighted by atomic mass is 10.1. The molecule has 7 nitrogen and oxygen atoms in total. The molecule has 1 amide bonds. The van der Waals surface area contributed by atoms with Gasteiger partial charge in [0.15, 0.2) is 10.9 Å². The number of hydrogen-bond acceptors (Lipinski definition) is 6. The van der Waals surface area contributed by atoms with Crippen LogP contribution in [0.2, 0.25) is 0 Å². The number of fused-ring (bicyclic) bond motifs is 1. The van der Waals surface area contributed by atoms with E-state index in [1.165, 1.54) is 40.9 Å². The van der Waals surface area contributed by atoms with E-state index in [4.69, 9.17) is 9.59 Å². The summed E-state index contributed by atoms with van der Waals surface area (Å²) >= 11 is 4.58. The second-order valence-electron chi connectivity index (χ2n) is 5.92.